The maximum absolute atomic E-state index is 12.0. The van der Waals surface area contributed by atoms with E-state index in [1.807, 2.05) is 0 Å². The second kappa shape index (κ2) is 4.57. The molecular formula is C11H16N2O4. The lowest BCUT2D eigenvalue weighted by Gasteiger charge is -2.24. The Hall–Kier alpha value is -1.85. The Kier molecular flexibility index (Phi) is 3.55. The van der Waals surface area contributed by atoms with Crippen molar-refractivity contribution in [1.82, 2.24) is 10.5 Å². The zero-order chi connectivity index (χ0) is 13.2. The lowest BCUT2D eigenvalue weighted by Crippen LogP contribution is -2.51. The van der Waals surface area contributed by atoms with E-state index in [2.05, 4.69) is 10.5 Å². The number of nitrogens with zero attached hydrogens (tertiary/aromatic N) is 1. The number of carboxylic acid groups (broad SMARTS) is 1. The Morgan fingerprint density at radius 2 is 2.06 bits per heavy atom. The number of nitrogens with one attached hydrogen (secondary N) is 1. The number of rotatable bonds is 4. The van der Waals surface area contributed by atoms with E-state index in [1.54, 1.807) is 20.8 Å². The Morgan fingerprint density at radius 1 is 1.47 bits per heavy atom. The normalized spacial score (nSPS) is 14.1. The summed E-state index contributed by atoms with van der Waals surface area (Å²) in [6.07, 6.45) is 0.289. The van der Waals surface area contributed by atoms with Crippen LogP contribution in [0.5, 0.6) is 0 Å². The predicted octanol–water partition coefficient (Wildman–Crippen LogP) is 1.27. The molecule has 0 radical (unpaired) electrons. The van der Waals surface area contributed by atoms with Gasteiger partial charge in [0.2, 0.25) is 0 Å². The predicted molar refractivity (Wildman–Crippen MR) is 59.8 cm³/mol. The van der Waals surface area contributed by atoms with Gasteiger partial charge in [0, 0.05) is 0 Å². The van der Waals surface area contributed by atoms with Crippen molar-refractivity contribution in [3.63, 3.8) is 0 Å². The summed E-state index contributed by atoms with van der Waals surface area (Å²) in [5, 5.41) is 15.2. The van der Waals surface area contributed by atoms with Crippen LogP contribution in [0.15, 0.2) is 4.52 Å². The number of hydrogen-bond donors (Lipinski definition) is 2. The summed E-state index contributed by atoms with van der Waals surface area (Å²) in [5.74, 6) is -1.17. The summed E-state index contributed by atoms with van der Waals surface area (Å²) in [5.41, 5.74) is -0.539. The van der Waals surface area contributed by atoms with Crippen LogP contribution in [0.1, 0.15) is 42.1 Å². The van der Waals surface area contributed by atoms with Crippen molar-refractivity contribution in [2.45, 2.75) is 39.7 Å². The minimum atomic E-state index is -1.28. The van der Waals surface area contributed by atoms with Gasteiger partial charge in [-0.25, -0.2) is 4.79 Å². The van der Waals surface area contributed by atoms with Crippen LogP contribution in [-0.4, -0.2) is 27.7 Å². The molecule has 1 unspecified atom stereocenters. The average molecular weight is 240 g/mol. The zero-order valence-corrected chi connectivity index (χ0v) is 10.3. The van der Waals surface area contributed by atoms with Gasteiger partial charge in [-0.3, -0.25) is 4.79 Å². The molecule has 6 nitrogen and oxygen atoms in total. The Labute approximate surface area is 99.0 Å². The van der Waals surface area contributed by atoms with Gasteiger partial charge < -0.3 is 14.9 Å². The number of aromatic nitrogens is 1. The van der Waals surface area contributed by atoms with Gasteiger partial charge in [-0.1, -0.05) is 12.1 Å². The van der Waals surface area contributed by atoms with Gasteiger partial charge >= 0.3 is 5.97 Å². The molecule has 1 amide bonds. The molecule has 1 heterocycles. The van der Waals surface area contributed by atoms with Gasteiger partial charge in [-0.15, -0.1) is 0 Å². The lowest BCUT2D eigenvalue weighted by atomic mass is 9.98. The highest BCUT2D eigenvalue weighted by Gasteiger charge is 2.34. The molecule has 0 aromatic carbocycles. The summed E-state index contributed by atoms with van der Waals surface area (Å²) < 4.78 is 4.87. The SMILES string of the molecule is CCC(C)(NC(=O)c1c(C)noc1C)C(=O)O. The number of aryl methyl sites for hydroxylation is 2. The van der Waals surface area contributed by atoms with Crippen LogP contribution in [0, 0.1) is 13.8 Å². The van der Waals surface area contributed by atoms with Crippen molar-refractivity contribution < 1.29 is 19.2 Å². The molecule has 0 saturated carbocycles. The fourth-order valence-corrected chi connectivity index (χ4v) is 1.41. The maximum atomic E-state index is 12.0. The topological polar surface area (TPSA) is 92.4 Å². The van der Waals surface area contributed by atoms with Gasteiger partial charge in [0.05, 0.1) is 5.69 Å². The molecule has 0 aliphatic carbocycles. The summed E-state index contributed by atoms with van der Waals surface area (Å²) in [6, 6.07) is 0. The van der Waals surface area contributed by atoms with Crippen molar-refractivity contribution in [2.24, 2.45) is 0 Å². The van der Waals surface area contributed by atoms with Gasteiger partial charge in [0.1, 0.15) is 16.9 Å². The molecule has 0 bridgehead atoms. The molecule has 0 aliphatic rings. The van der Waals surface area contributed by atoms with Crippen LogP contribution in [-0.2, 0) is 4.79 Å². The second-order valence-electron chi connectivity index (χ2n) is 4.14. The molecule has 1 rings (SSSR count). The minimum absolute atomic E-state index is 0.289. The first-order valence-electron chi connectivity index (χ1n) is 5.30. The number of carboxylic acids is 1. The highest BCUT2D eigenvalue weighted by Crippen LogP contribution is 2.15. The van der Waals surface area contributed by atoms with Crippen molar-refractivity contribution in [3.8, 4) is 0 Å². The summed E-state index contributed by atoms with van der Waals surface area (Å²) in [6.45, 7) is 6.40. The molecular weight excluding hydrogens is 224 g/mol. The third-order valence-corrected chi connectivity index (χ3v) is 2.83. The molecule has 0 aliphatic heterocycles. The largest absolute Gasteiger partial charge is 0.480 e. The fraction of sp³-hybridized carbons (Fsp3) is 0.545. The van der Waals surface area contributed by atoms with Crippen LogP contribution in [0.3, 0.4) is 0 Å². The third-order valence-electron chi connectivity index (χ3n) is 2.83. The van der Waals surface area contributed by atoms with Gasteiger partial charge in [0.25, 0.3) is 5.91 Å². The maximum Gasteiger partial charge on any atom is 0.329 e. The Bertz CT molecular complexity index is 433. The van der Waals surface area contributed by atoms with Crippen LogP contribution in [0.2, 0.25) is 0 Å². The molecule has 17 heavy (non-hydrogen) atoms. The molecule has 0 spiro atoms. The number of aliphatic carboxylic acids is 1. The number of amides is 1. The first kappa shape index (κ1) is 13.2. The standard InChI is InChI=1S/C11H16N2O4/c1-5-11(4,10(15)16)12-9(14)8-6(2)13-17-7(8)3/h5H2,1-4H3,(H,12,14)(H,15,16). The van der Waals surface area contributed by atoms with Crippen LogP contribution >= 0.6 is 0 Å². The molecule has 1 aromatic rings. The number of carbonyl (C=O) groups excluding carboxylic acids is 1. The Balaban J connectivity index is 2.97. The highest BCUT2D eigenvalue weighted by molar-refractivity contribution is 5.99. The van der Waals surface area contributed by atoms with E-state index in [-0.39, 0.29) is 6.42 Å². The van der Waals surface area contributed by atoms with Crippen LogP contribution in [0.25, 0.3) is 0 Å². The first-order valence-corrected chi connectivity index (χ1v) is 5.30. The number of hydrogen-bond acceptors (Lipinski definition) is 4. The first-order chi connectivity index (χ1) is 7.81. The molecule has 6 heteroatoms. The van der Waals surface area contributed by atoms with Crippen molar-refractivity contribution in [1.29, 1.82) is 0 Å². The van der Waals surface area contributed by atoms with Crippen molar-refractivity contribution in [2.75, 3.05) is 0 Å². The average Bonchev–Trinajstić information content (AvgIpc) is 2.58. The van der Waals surface area contributed by atoms with Crippen molar-refractivity contribution >= 4 is 11.9 Å². The van der Waals surface area contributed by atoms with E-state index in [9.17, 15) is 9.59 Å². The lowest BCUT2D eigenvalue weighted by molar-refractivity contribution is -0.143. The van der Waals surface area contributed by atoms with Gasteiger partial charge in [-0.05, 0) is 27.2 Å². The summed E-state index contributed by atoms with van der Waals surface area (Å²) >= 11 is 0. The van der Waals surface area contributed by atoms with E-state index < -0.39 is 17.4 Å². The molecule has 1 atom stereocenters. The van der Waals surface area contributed by atoms with E-state index in [1.165, 1.54) is 6.92 Å². The van der Waals surface area contributed by atoms with Crippen LogP contribution < -0.4 is 5.32 Å². The van der Waals surface area contributed by atoms with Gasteiger partial charge in [0.15, 0.2) is 0 Å². The summed E-state index contributed by atoms with van der Waals surface area (Å²) in [4.78, 5) is 23.0. The molecule has 0 fully saturated rings. The van der Waals surface area contributed by atoms with Crippen LogP contribution in [0.4, 0.5) is 0 Å². The third kappa shape index (κ3) is 2.46. The molecule has 1 aromatic heterocycles. The quantitative estimate of drug-likeness (QED) is 0.826. The monoisotopic (exact) mass is 240 g/mol. The smallest absolute Gasteiger partial charge is 0.329 e. The molecule has 94 valence electrons. The van der Waals surface area contributed by atoms with Gasteiger partial charge in [-0.2, -0.15) is 0 Å². The Morgan fingerprint density at radius 3 is 2.41 bits per heavy atom. The highest BCUT2D eigenvalue weighted by atomic mass is 16.5. The summed E-state index contributed by atoms with van der Waals surface area (Å²) in [7, 11) is 0. The number of carbonyl (C=O) groups is 2. The molecule has 0 saturated heterocycles. The van der Waals surface area contributed by atoms with E-state index in [0.717, 1.165) is 0 Å². The van der Waals surface area contributed by atoms with Crippen molar-refractivity contribution in [3.05, 3.63) is 17.0 Å². The fourth-order valence-electron chi connectivity index (χ4n) is 1.41. The van der Waals surface area contributed by atoms with E-state index in [0.29, 0.717) is 17.0 Å². The second-order valence-corrected chi connectivity index (χ2v) is 4.14. The minimum Gasteiger partial charge on any atom is -0.480 e. The molecule has 2 N–H and O–H groups in total. The van der Waals surface area contributed by atoms with E-state index in [4.69, 9.17) is 9.63 Å². The van der Waals surface area contributed by atoms with E-state index >= 15 is 0 Å². The zero-order valence-electron chi connectivity index (χ0n) is 10.3.